The minimum absolute atomic E-state index is 0.0109. The van der Waals surface area contributed by atoms with Gasteiger partial charge in [-0.1, -0.05) is 0 Å². The van der Waals surface area contributed by atoms with E-state index in [1.807, 2.05) is 19.1 Å². The van der Waals surface area contributed by atoms with E-state index in [1.165, 1.54) is 0 Å². The molecule has 1 aliphatic rings. The van der Waals surface area contributed by atoms with Crippen LogP contribution in [0.1, 0.15) is 30.1 Å². The molecule has 0 unspecified atom stereocenters. The van der Waals surface area contributed by atoms with Gasteiger partial charge in [-0.15, -0.1) is 0 Å². The standard InChI is InChI=1S/C14H18N2O2/c1-3-15(2)14(18)11-6-8-12(9-7-11)16-10-4-5-13(16)17/h6-9H,3-5,10H2,1-2H3. The van der Waals surface area contributed by atoms with Gasteiger partial charge in [-0.3, -0.25) is 9.59 Å². The Kier molecular flexibility index (Phi) is 3.65. The number of nitrogens with zero attached hydrogens (tertiary/aromatic N) is 2. The quantitative estimate of drug-likeness (QED) is 0.817. The van der Waals surface area contributed by atoms with E-state index in [4.69, 9.17) is 0 Å². The third-order valence-corrected chi connectivity index (χ3v) is 3.32. The zero-order chi connectivity index (χ0) is 13.1. The largest absolute Gasteiger partial charge is 0.342 e. The molecule has 0 spiro atoms. The number of carbonyl (C=O) groups is 2. The first-order valence-electron chi connectivity index (χ1n) is 6.29. The second-order valence-corrected chi connectivity index (χ2v) is 4.52. The fourth-order valence-corrected chi connectivity index (χ4v) is 2.07. The van der Waals surface area contributed by atoms with Crippen molar-refractivity contribution in [2.75, 3.05) is 25.0 Å². The summed E-state index contributed by atoms with van der Waals surface area (Å²) < 4.78 is 0. The zero-order valence-electron chi connectivity index (χ0n) is 10.8. The van der Waals surface area contributed by atoms with Gasteiger partial charge in [-0.05, 0) is 37.6 Å². The first-order chi connectivity index (χ1) is 8.63. The van der Waals surface area contributed by atoms with E-state index in [1.54, 1.807) is 29.0 Å². The molecule has 18 heavy (non-hydrogen) atoms. The van der Waals surface area contributed by atoms with Gasteiger partial charge < -0.3 is 9.80 Å². The maximum Gasteiger partial charge on any atom is 0.253 e. The van der Waals surface area contributed by atoms with Gasteiger partial charge in [0, 0.05) is 37.8 Å². The predicted molar refractivity (Wildman–Crippen MR) is 70.7 cm³/mol. The van der Waals surface area contributed by atoms with E-state index >= 15 is 0 Å². The van der Waals surface area contributed by atoms with Gasteiger partial charge in [0.1, 0.15) is 0 Å². The van der Waals surface area contributed by atoms with Crippen molar-refractivity contribution < 1.29 is 9.59 Å². The van der Waals surface area contributed by atoms with Crippen LogP contribution in [0.25, 0.3) is 0 Å². The highest BCUT2D eigenvalue weighted by atomic mass is 16.2. The van der Waals surface area contributed by atoms with Crippen LogP contribution >= 0.6 is 0 Å². The van der Waals surface area contributed by atoms with Crippen molar-refractivity contribution in [3.8, 4) is 0 Å². The lowest BCUT2D eigenvalue weighted by Crippen LogP contribution is -2.26. The highest BCUT2D eigenvalue weighted by Crippen LogP contribution is 2.21. The number of carbonyl (C=O) groups excluding carboxylic acids is 2. The zero-order valence-corrected chi connectivity index (χ0v) is 10.8. The van der Waals surface area contributed by atoms with E-state index in [-0.39, 0.29) is 11.8 Å². The Labute approximate surface area is 107 Å². The molecule has 1 aliphatic heterocycles. The van der Waals surface area contributed by atoms with Crippen LogP contribution in [0.4, 0.5) is 5.69 Å². The van der Waals surface area contributed by atoms with Gasteiger partial charge in [-0.2, -0.15) is 0 Å². The summed E-state index contributed by atoms with van der Waals surface area (Å²) in [6.45, 7) is 3.40. The lowest BCUT2D eigenvalue weighted by molar-refractivity contribution is -0.117. The number of benzene rings is 1. The highest BCUT2D eigenvalue weighted by molar-refractivity contribution is 5.97. The molecule has 1 aromatic carbocycles. The number of rotatable bonds is 3. The molecule has 1 heterocycles. The Morgan fingerprint density at radius 2 is 2.00 bits per heavy atom. The lowest BCUT2D eigenvalue weighted by atomic mass is 10.1. The number of hydrogen-bond donors (Lipinski definition) is 0. The Bertz CT molecular complexity index is 453. The Morgan fingerprint density at radius 1 is 1.33 bits per heavy atom. The van der Waals surface area contributed by atoms with Gasteiger partial charge in [0.15, 0.2) is 0 Å². The molecule has 0 N–H and O–H groups in total. The number of amides is 2. The molecule has 1 saturated heterocycles. The van der Waals surface area contributed by atoms with Crippen LogP contribution in [0.15, 0.2) is 24.3 Å². The van der Waals surface area contributed by atoms with Crippen molar-refractivity contribution in [2.24, 2.45) is 0 Å². The molecule has 2 amide bonds. The van der Waals surface area contributed by atoms with E-state index < -0.39 is 0 Å². The first-order valence-corrected chi connectivity index (χ1v) is 6.29. The smallest absolute Gasteiger partial charge is 0.253 e. The minimum atomic E-state index is 0.0109. The molecule has 2 rings (SSSR count). The molecule has 0 aliphatic carbocycles. The van der Waals surface area contributed by atoms with Crippen LogP contribution in [-0.2, 0) is 4.79 Å². The number of anilines is 1. The summed E-state index contributed by atoms with van der Waals surface area (Å²) in [7, 11) is 1.78. The highest BCUT2D eigenvalue weighted by Gasteiger charge is 2.21. The third-order valence-electron chi connectivity index (χ3n) is 3.32. The van der Waals surface area contributed by atoms with Crippen LogP contribution in [0.3, 0.4) is 0 Å². The second kappa shape index (κ2) is 5.21. The summed E-state index contributed by atoms with van der Waals surface area (Å²) in [5, 5.41) is 0. The molecule has 4 nitrogen and oxygen atoms in total. The Morgan fingerprint density at radius 3 is 2.50 bits per heavy atom. The van der Waals surface area contributed by atoms with Gasteiger partial charge in [0.2, 0.25) is 5.91 Å². The predicted octanol–water partition coefficient (Wildman–Crippen LogP) is 1.91. The molecule has 0 aromatic heterocycles. The van der Waals surface area contributed by atoms with Crippen molar-refractivity contribution in [1.82, 2.24) is 4.90 Å². The maximum atomic E-state index is 11.9. The SMILES string of the molecule is CCN(C)C(=O)c1ccc(N2CCCC2=O)cc1. The second-order valence-electron chi connectivity index (χ2n) is 4.52. The normalized spacial score (nSPS) is 15.0. The molecule has 1 fully saturated rings. The monoisotopic (exact) mass is 246 g/mol. The summed E-state index contributed by atoms with van der Waals surface area (Å²) in [6, 6.07) is 7.27. The molecule has 96 valence electrons. The van der Waals surface area contributed by atoms with Crippen molar-refractivity contribution in [3.05, 3.63) is 29.8 Å². The van der Waals surface area contributed by atoms with E-state index in [0.29, 0.717) is 18.5 Å². The van der Waals surface area contributed by atoms with Crippen LogP contribution in [0, 0.1) is 0 Å². The van der Waals surface area contributed by atoms with Crippen LogP contribution < -0.4 is 4.90 Å². The van der Waals surface area contributed by atoms with Gasteiger partial charge in [-0.25, -0.2) is 0 Å². The van der Waals surface area contributed by atoms with Crippen LogP contribution in [0.2, 0.25) is 0 Å². The van der Waals surface area contributed by atoms with Crippen molar-refractivity contribution in [3.63, 3.8) is 0 Å². The van der Waals surface area contributed by atoms with Crippen LogP contribution in [-0.4, -0.2) is 36.9 Å². The molecule has 0 radical (unpaired) electrons. The fraction of sp³-hybridized carbons (Fsp3) is 0.429. The fourth-order valence-electron chi connectivity index (χ4n) is 2.07. The van der Waals surface area contributed by atoms with E-state index in [2.05, 4.69) is 0 Å². The van der Waals surface area contributed by atoms with Gasteiger partial charge >= 0.3 is 0 Å². The Balaban J connectivity index is 2.15. The minimum Gasteiger partial charge on any atom is -0.342 e. The maximum absolute atomic E-state index is 11.9. The van der Waals surface area contributed by atoms with Crippen molar-refractivity contribution in [2.45, 2.75) is 19.8 Å². The molecule has 0 bridgehead atoms. The van der Waals surface area contributed by atoms with Crippen LogP contribution in [0.5, 0.6) is 0 Å². The molecular formula is C14H18N2O2. The lowest BCUT2D eigenvalue weighted by Gasteiger charge is -2.17. The number of hydrogen-bond acceptors (Lipinski definition) is 2. The summed E-state index contributed by atoms with van der Waals surface area (Å²) >= 11 is 0. The topological polar surface area (TPSA) is 40.6 Å². The summed E-state index contributed by atoms with van der Waals surface area (Å²) in [6.07, 6.45) is 1.54. The molecule has 0 saturated carbocycles. The summed E-state index contributed by atoms with van der Waals surface area (Å²) in [5.74, 6) is 0.177. The average molecular weight is 246 g/mol. The third kappa shape index (κ3) is 2.37. The summed E-state index contributed by atoms with van der Waals surface area (Å²) in [4.78, 5) is 27.0. The molecule has 0 atom stereocenters. The Hall–Kier alpha value is -1.84. The van der Waals surface area contributed by atoms with Crippen molar-refractivity contribution >= 4 is 17.5 Å². The van der Waals surface area contributed by atoms with E-state index in [9.17, 15) is 9.59 Å². The van der Waals surface area contributed by atoms with Crippen molar-refractivity contribution in [1.29, 1.82) is 0 Å². The first kappa shape index (κ1) is 12.6. The van der Waals surface area contributed by atoms with Gasteiger partial charge in [0.05, 0.1) is 0 Å². The molecule has 4 heteroatoms. The average Bonchev–Trinajstić information content (AvgIpc) is 2.83. The molecular weight excluding hydrogens is 228 g/mol. The molecule has 1 aromatic rings. The summed E-state index contributed by atoms with van der Waals surface area (Å²) in [5.41, 5.74) is 1.54. The van der Waals surface area contributed by atoms with Gasteiger partial charge in [0.25, 0.3) is 5.91 Å². The van der Waals surface area contributed by atoms with E-state index in [0.717, 1.165) is 18.7 Å².